The van der Waals surface area contributed by atoms with Crippen LogP contribution in [0.15, 0.2) is 23.1 Å². The third-order valence-electron chi connectivity index (χ3n) is 3.99. The molecule has 6 nitrogen and oxygen atoms in total. The van der Waals surface area contributed by atoms with Crippen LogP contribution in [0.1, 0.15) is 32.3 Å². The van der Waals surface area contributed by atoms with E-state index in [0.717, 1.165) is 23.7 Å². The molecular weight excluding hydrogens is 354 g/mol. The van der Waals surface area contributed by atoms with E-state index in [9.17, 15) is 9.59 Å². The van der Waals surface area contributed by atoms with Gasteiger partial charge in [0.15, 0.2) is 11.5 Å². The average molecular weight is 379 g/mol. The van der Waals surface area contributed by atoms with Gasteiger partial charge >= 0.3 is 0 Å². The highest BCUT2D eigenvalue weighted by Crippen LogP contribution is 2.35. The first kappa shape index (κ1) is 20.3. The zero-order valence-electron chi connectivity index (χ0n) is 15.6. The molecule has 1 heterocycles. The summed E-state index contributed by atoms with van der Waals surface area (Å²) in [7, 11) is 3.17. The van der Waals surface area contributed by atoms with Gasteiger partial charge in [-0.15, -0.1) is 0 Å². The molecule has 1 saturated heterocycles. The Hall–Kier alpha value is -1.99. The number of hydrogen-bond donors (Lipinski definition) is 0. The van der Waals surface area contributed by atoms with Crippen molar-refractivity contribution in [1.82, 2.24) is 4.90 Å². The highest BCUT2D eigenvalue weighted by molar-refractivity contribution is 8.18. The highest BCUT2D eigenvalue weighted by Gasteiger charge is 2.34. The van der Waals surface area contributed by atoms with Gasteiger partial charge in [-0.2, -0.15) is 0 Å². The molecule has 0 unspecified atom stereocenters. The molecule has 0 N–H and O–H groups in total. The number of ether oxygens (including phenoxy) is 3. The fraction of sp³-hybridized carbons (Fsp3) is 0.474. The molecule has 0 spiro atoms. The highest BCUT2D eigenvalue weighted by atomic mass is 32.2. The number of rotatable bonds is 9. The molecule has 7 heteroatoms. The minimum atomic E-state index is -0.269. The second-order valence-electron chi connectivity index (χ2n) is 5.93. The van der Waals surface area contributed by atoms with Crippen molar-refractivity contribution in [3.05, 3.63) is 28.7 Å². The Balaban J connectivity index is 2.16. The molecule has 0 aliphatic carbocycles. The number of imide groups is 1. The SMILES string of the molecule is CC[C@@H](C)Oc1ccc(/C=C2/SC(=O)N(CCCOC)C2=O)cc1OC. The molecule has 1 aliphatic heterocycles. The molecule has 1 fully saturated rings. The monoisotopic (exact) mass is 379 g/mol. The second-order valence-corrected chi connectivity index (χ2v) is 6.92. The van der Waals surface area contributed by atoms with E-state index in [1.807, 2.05) is 26.0 Å². The Kier molecular flexibility index (Phi) is 7.53. The lowest BCUT2D eigenvalue weighted by Gasteiger charge is -2.15. The van der Waals surface area contributed by atoms with Crippen LogP contribution in [0.2, 0.25) is 0 Å². The van der Waals surface area contributed by atoms with E-state index in [-0.39, 0.29) is 17.3 Å². The van der Waals surface area contributed by atoms with Crippen LogP contribution in [0.3, 0.4) is 0 Å². The van der Waals surface area contributed by atoms with Gasteiger partial charge in [-0.25, -0.2) is 0 Å². The van der Waals surface area contributed by atoms with Crippen LogP contribution >= 0.6 is 11.8 Å². The Morgan fingerprint density at radius 3 is 2.65 bits per heavy atom. The summed E-state index contributed by atoms with van der Waals surface area (Å²) in [6.07, 6.45) is 3.30. The first-order chi connectivity index (χ1) is 12.5. The molecule has 142 valence electrons. The Bertz CT molecular complexity index is 689. The van der Waals surface area contributed by atoms with Gasteiger partial charge in [0.1, 0.15) is 0 Å². The number of benzene rings is 1. The van der Waals surface area contributed by atoms with Crippen molar-refractivity contribution in [2.24, 2.45) is 0 Å². The van der Waals surface area contributed by atoms with Crippen molar-refractivity contribution in [1.29, 1.82) is 0 Å². The fourth-order valence-corrected chi connectivity index (χ4v) is 3.25. The van der Waals surface area contributed by atoms with Crippen LogP contribution in [0.25, 0.3) is 6.08 Å². The van der Waals surface area contributed by atoms with E-state index in [0.29, 0.717) is 36.0 Å². The van der Waals surface area contributed by atoms with Gasteiger partial charge in [-0.1, -0.05) is 13.0 Å². The molecule has 1 aromatic rings. The fourth-order valence-electron chi connectivity index (χ4n) is 2.38. The molecular formula is C19H25NO5S. The minimum Gasteiger partial charge on any atom is -0.493 e. The second kappa shape index (κ2) is 9.64. The molecule has 0 saturated carbocycles. The molecule has 2 amide bonds. The Labute approximate surface area is 158 Å². The van der Waals surface area contributed by atoms with E-state index in [2.05, 4.69) is 0 Å². The third kappa shape index (κ3) is 5.02. The van der Waals surface area contributed by atoms with Gasteiger partial charge in [0.2, 0.25) is 0 Å². The van der Waals surface area contributed by atoms with Gasteiger partial charge < -0.3 is 14.2 Å². The lowest BCUT2D eigenvalue weighted by molar-refractivity contribution is -0.122. The summed E-state index contributed by atoms with van der Waals surface area (Å²) < 4.78 is 16.2. The lowest BCUT2D eigenvalue weighted by atomic mass is 10.1. The van der Waals surface area contributed by atoms with Crippen molar-refractivity contribution in [2.45, 2.75) is 32.8 Å². The number of carbonyl (C=O) groups is 2. The summed E-state index contributed by atoms with van der Waals surface area (Å²) in [4.78, 5) is 26.2. The maximum Gasteiger partial charge on any atom is 0.293 e. The molecule has 0 bridgehead atoms. The Morgan fingerprint density at radius 2 is 2.00 bits per heavy atom. The zero-order chi connectivity index (χ0) is 19.1. The van der Waals surface area contributed by atoms with Crippen LogP contribution in [-0.2, 0) is 9.53 Å². The van der Waals surface area contributed by atoms with Crippen LogP contribution < -0.4 is 9.47 Å². The average Bonchev–Trinajstić information content (AvgIpc) is 2.90. The van der Waals surface area contributed by atoms with Crippen LogP contribution in [0.5, 0.6) is 11.5 Å². The summed E-state index contributed by atoms with van der Waals surface area (Å²) in [5, 5.41) is -0.249. The number of thioether (sulfide) groups is 1. The molecule has 0 aromatic heterocycles. The first-order valence-electron chi connectivity index (χ1n) is 8.59. The van der Waals surface area contributed by atoms with E-state index in [1.165, 1.54) is 4.90 Å². The summed E-state index contributed by atoms with van der Waals surface area (Å²) in [5.74, 6) is 0.986. The number of nitrogens with zero attached hydrogens (tertiary/aromatic N) is 1. The normalized spacial score (nSPS) is 17.1. The zero-order valence-corrected chi connectivity index (χ0v) is 16.4. The minimum absolute atomic E-state index is 0.0818. The topological polar surface area (TPSA) is 65.1 Å². The molecule has 2 rings (SSSR count). The maximum absolute atomic E-state index is 12.4. The van der Waals surface area contributed by atoms with Gasteiger partial charge in [-0.3, -0.25) is 14.5 Å². The predicted molar refractivity (Wildman–Crippen MR) is 103 cm³/mol. The largest absolute Gasteiger partial charge is 0.493 e. The first-order valence-corrected chi connectivity index (χ1v) is 9.40. The van der Waals surface area contributed by atoms with E-state index in [4.69, 9.17) is 14.2 Å². The quantitative estimate of drug-likeness (QED) is 0.478. The van der Waals surface area contributed by atoms with Gasteiger partial charge in [0.25, 0.3) is 11.1 Å². The van der Waals surface area contributed by atoms with Crippen molar-refractivity contribution < 1.29 is 23.8 Å². The number of methoxy groups -OCH3 is 2. The van der Waals surface area contributed by atoms with E-state index < -0.39 is 0 Å². The lowest BCUT2D eigenvalue weighted by Crippen LogP contribution is -2.29. The molecule has 1 aliphatic rings. The summed E-state index contributed by atoms with van der Waals surface area (Å²) in [6, 6.07) is 5.47. The van der Waals surface area contributed by atoms with Crippen LogP contribution in [-0.4, -0.2) is 49.5 Å². The molecule has 1 atom stereocenters. The maximum atomic E-state index is 12.4. The third-order valence-corrected chi connectivity index (χ3v) is 4.90. The standard InChI is InChI=1S/C19H25NO5S/c1-5-13(2)25-15-8-7-14(11-16(15)24-4)12-17-18(21)20(19(22)26-17)9-6-10-23-3/h7-8,11-13H,5-6,9-10H2,1-4H3/b17-12+/t13-/m1/s1. The van der Waals surface area contributed by atoms with Gasteiger partial charge in [0.05, 0.1) is 18.1 Å². The molecule has 0 radical (unpaired) electrons. The number of amides is 2. The predicted octanol–water partition coefficient (Wildman–Crippen LogP) is 3.95. The molecule has 1 aromatic carbocycles. The van der Waals surface area contributed by atoms with Crippen molar-refractivity contribution >= 4 is 29.0 Å². The van der Waals surface area contributed by atoms with Gasteiger partial charge in [0, 0.05) is 20.3 Å². The number of hydrogen-bond acceptors (Lipinski definition) is 6. The summed E-state index contributed by atoms with van der Waals surface area (Å²) in [6.45, 7) is 4.91. The summed E-state index contributed by atoms with van der Waals surface area (Å²) >= 11 is 0.952. The molecule has 26 heavy (non-hydrogen) atoms. The van der Waals surface area contributed by atoms with Gasteiger partial charge in [-0.05, 0) is 55.3 Å². The van der Waals surface area contributed by atoms with Crippen molar-refractivity contribution in [2.75, 3.05) is 27.4 Å². The summed E-state index contributed by atoms with van der Waals surface area (Å²) in [5.41, 5.74) is 0.778. The van der Waals surface area contributed by atoms with Crippen LogP contribution in [0.4, 0.5) is 4.79 Å². The van der Waals surface area contributed by atoms with Crippen LogP contribution in [0, 0.1) is 0 Å². The number of carbonyl (C=O) groups excluding carboxylic acids is 2. The van der Waals surface area contributed by atoms with E-state index >= 15 is 0 Å². The van der Waals surface area contributed by atoms with Crippen molar-refractivity contribution in [3.8, 4) is 11.5 Å². The smallest absolute Gasteiger partial charge is 0.293 e. The van der Waals surface area contributed by atoms with Crippen molar-refractivity contribution in [3.63, 3.8) is 0 Å². The Morgan fingerprint density at radius 1 is 1.23 bits per heavy atom. The van der Waals surface area contributed by atoms with E-state index in [1.54, 1.807) is 26.4 Å².